The van der Waals surface area contributed by atoms with E-state index in [9.17, 15) is 27.9 Å². The lowest BCUT2D eigenvalue weighted by molar-refractivity contribution is -0.307. The molecule has 0 heterocycles. The highest BCUT2D eigenvalue weighted by Gasteiger charge is 2.32. The molecule has 2 aromatic rings. The van der Waals surface area contributed by atoms with Gasteiger partial charge in [0.15, 0.2) is 6.61 Å². The van der Waals surface area contributed by atoms with Gasteiger partial charge in [-0.25, -0.2) is 4.79 Å². The van der Waals surface area contributed by atoms with Crippen molar-refractivity contribution in [2.45, 2.75) is 19.3 Å². The number of carbonyl (C=O) groups excluding carboxylic acids is 2. The van der Waals surface area contributed by atoms with E-state index >= 15 is 0 Å². The Morgan fingerprint density at radius 3 is 2.42 bits per heavy atom. The van der Waals surface area contributed by atoms with Crippen molar-refractivity contribution < 1.29 is 42.1 Å². The summed E-state index contributed by atoms with van der Waals surface area (Å²) in [7, 11) is 0. The maximum Gasteiger partial charge on any atom is 0.573 e. The molecule has 8 nitrogen and oxygen atoms in total. The number of carbonyl (C=O) groups is 2. The first-order valence-corrected chi connectivity index (χ1v) is 8.78. The Morgan fingerprint density at radius 2 is 1.87 bits per heavy atom. The van der Waals surface area contributed by atoms with Crippen LogP contribution in [0.15, 0.2) is 42.5 Å². The Hall–Kier alpha value is -3.94. The molecule has 0 amide bonds. The number of alkyl halides is 3. The van der Waals surface area contributed by atoms with Gasteiger partial charge in [0.05, 0.1) is 30.3 Å². The van der Waals surface area contributed by atoms with Crippen molar-refractivity contribution >= 4 is 17.6 Å². The number of ether oxygens (including phenoxy) is 3. The molecule has 0 saturated heterocycles. The number of aliphatic carboxylic acids is 1. The van der Waals surface area contributed by atoms with Crippen LogP contribution in [0.5, 0.6) is 11.5 Å². The zero-order valence-electron chi connectivity index (χ0n) is 16.1. The first-order valence-electron chi connectivity index (χ1n) is 8.78. The number of nitrogens with zero attached hydrogens (tertiary/aromatic N) is 1. The van der Waals surface area contributed by atoms with Crippen molar-refractivity contribution in [2.24, 2.45) is 0 Å². The molecule has 0 aliphatic carbocycles. The lowest BCUT2D eigenvalue weighted by Gasteiger charge is -2.24. The van der Waals surface area contributed by atoms with E-state index in [2.05, 4.69) is 10.1 Å². The molecule has 11 heteroatoms. The van der Waals surface area contributed by atoms with Gasteiger partial charge in [-0.1, -0.05) is 0 Å². The molecule has 2 rings (SSSR count). The second-order valence-corrected chi connectivity index (χ2v) is 5.93. The van der Waals surface area contributed by atoms with Crippen LogP contribution in [0.25, 0.3) is 0 Å². The molecule has 1 unspecified atom stereocenters. The monoisotopic (exact) mass is 437 g/mol. The number of esters is 1. The Kier molecular flexibility index (Phi) is 7.68. The van der Waals surface area contributed by atoms with Crippen molar-refractivity contribution in [3.05, 3.63) is 53.6 Å². The van der Waals surface area contributed by atoms with Crippen molar-refractivity contribution in [1.82, 2.24) is 0 Å². The topological polar surface area (TPSA) is 121 Å². The van der Waals surface area contributed by atoms with Crippen molar-refractivity contribution in [1.29, 1.82) is 5.26 Å². The zero-order chi connectivity index (χ0) is 23.0. The predicted octanol–water partition coefficient (Wildman–Crippen LogP) is 2.30. The van der Waals surface area contributed by atoms with Crippen molar-refractivity contribution in [3.63, 3.8) is 0 Å². The van der Waals surface area contributed by atoms with Gasteiger partial charge >= 0.3 is 12.3 Å². The second kappa shape index (κ2) is 10.2. The third kappa shape index (κ3) is 7.11. The molecule has 164 valence electrons. The summed E-state index contributed by atoms with van der Waals surface area (Å²) in [6, 6.07) is 8.61. The number of anilines is 1. The smallest absolute Gasteiger partial charge is 0.548 e. The average Bonchev–Trinajstić information content (AvgIpc) is 2.70. The first-order chi connectivity index (χ1) is 14.6. The Morgan fingerprint density at radius 1 is 1.19 bits per heavy atom. The molecule has 0 aliphatic rings. The summed E-state index contributed by atoms with van der Waals surface area (Å²) < 4.78 is 51.6. The van der Waals surface area contributed by atoms with Crippen LogP contribution in [0.1, 0.15) is 24.1 Å². The molecule has 0 aliphatic heterocycles. The predicted molar refractivity (Wildman–Crippen MR) is 97.8 cm³/mol. The molecule has 0 saturated carbocycles. The molecule has 0 bridgehead atoms. The SMILES string of the molecule is CCOC(=O)COc1ccc(OC(F)(F)F)cc1C(Nc1ccc(C#N)cc1)C(=O)[O-]. The molecule has 2 aromatic carbocycles. The maximum atomic E-state index is 12.6. The normalized spacial score (nSPS) is 11.7. The molecule has 1 atom stereocenters. The van der Waals surface area contributed by atoms with E-state index in [1.807, 2.05) is 6.07 Å². The number of hydrogen-bond donors (Lipinski definition) is 1. The van der Waals surface area contributed by atoms with E-state index in [0.717, 1.165) is 18.2 Å². The fourth-order valence-electron chi connectivity index (χ4n) is 2.49. The van der Waals surface area contributed by atoms with E-state index in [-0.39, 0.29) is 23.6 Å². The molecular formula is C20H16F3N2O6-. The number of carboxylic acid groups (broad SMARTS) is 1. The quantitative estimate of drug-likeness (QED) is 0.594. The van der Waals surface area contributed by atoms with Crippen LogP contribution in [0.4, 0.5) is 18.9 Å². The standard InChI is InChI=1S/C20H17F3N2O6/c1-2-29-17(26)11-30-16-8-7-14(31-20(21,22)23)9-15(16)18(19(27)28)25-13-5-3-12(10-24)4-6-13/h3-9,18,25H,2,11H2,1H3,(H,27,28)/p-1. The van der Waals surface area contributed by atoms with Crippen LogP contribution in [0.2, 0.25) is 0 Å². The maximum absolute atomic E-state index is 12.6. The third-order valence-electron chi connectivity index (χ3n) is 3.74. The largest absolute Gasteiger partial charge is 0.573 e. The molecule has 0 spiro atoms. The summed E-state index contributed by atoms with van der Waals surface area (Å²) in [5, 5.41) is 23.2. The van der Waals surface area contributed by atoms with Crippen molar-refractivity contribution in [2.75, 3.05) is 18.5 Å². The van der Waals surface area contributed by atoms with E-state index in [1.54, 1.807) is 6.92 Å². The summed E-state index contributed by atoms with van der Waals surface area (Å²) in [6.07, 6.45) is -5.01. The minimum absolute atomic E-state index is 0.0787. The van der Waals surface area contributed by atoms with Gasteiger partial charge in [0.1, 0.15) is 11.5 Å². The Labute approximate surface area is 174 Å². The van der Waals surface area contributed by atoms with Gasteiger partial charge in [0.25, 0.3) is 0 Å². The number of nitrogens with one attached hydrogen (secondary N) is 1. The van der Waals surface area contributed by atoms with E-state index in [4.69, 9.17) is 14.7 Å². The lowest BCUT2D eigenvalue weighted by Crippen LogP contribution is -2.34. The molecule has 0 fully saturated rings. The van der Waals surface area contributed by atoms with Crippen LogP contribution in [0, 0.1) is 11.3 Å². The summed E-state index contributed by atoms with van der Waals surface area (Å²) in [5.41, 5.74) is 0.275. The van der Waals surface area contributed by atoms with Crippen molar-refractivity contribution in [3.8, 4) is 17.6 Å². The molecular weight excluding hydrogens is 421 g/mol. The highest BCUT2D eigenvalue weighted by atomic mass is 19.4. The van der Waals surface area contributed by atoms with E-state index in [1.165, 1.54) is 24.3 Å². The number of nitriles is 1. The summed E-state index contributed by atoms with van der Waals surface area (Å²) in [5.74, 6) is -3.33. The molecule has 0 radical (unpaired) electrons. The molecule has 31 heavy (non-hydrogen) atoms. The van der Waals surface area contributed by atoms with Crippen LogP contribution in [0.3, 0.4) is 0 Å². The minimum Gasteiger partial charge on any atom is -0.548 e. The fourth-order valence-corrected chi connectivity index (χ4v) is 2.49. The lowest BCUT2D eigenvalue weighted by atomic mass is 10.0. The van der Waals surface area contributed by atoms with Crippen LogP contribution in [-0.2, 0) is 14.3 Å². The fraction of sp³-hybridized carbons (Fsp3) is 0.250. The van der Waals surface area contributed by atoms with E-state index in [0.29, 0.717) is 5.56 Å². The van der Waals surface area contributed by atoms with Crippen LogP contribution >= 0.6 is 0 Å². The van der Waals surface area contributed by atoms with Gasteiger partial charge in [-0.05, 0) is 49.4 Å². The van der Waals surface area contributed by atoms with Gasteiger partial charge in [-0.3, -0.25) is 0 Å². The number of benzene rings is 2. The average molecular weight is 437 g/mol. The minimum atomic E-state index is -5.01. The van der Waals surface area contributed by atoms with Crippen LogP contribution < -0.4 is 19.9 Å². The van der Waals surface area contributed by atoms with Crippen LogP contribution in [-0.4, -0.2) is 31.5 Å². The second-order valence-electron chi connectivity index (χ2n) is 5.93. The third-order valence-corrected chi connectivity index (χ3v) is 3.74. The number of hydrogen-bond acceptors (Lipinski definition) is 8. The first kappa shape index (κ1) is 23.3. The summed E-state index contributed by atoms with van der Waals surface area (Å²) in [4.78, 5) is 23.3. The Balaban J connectivity index is 2.40. The molecule has 1 N–H and O–H groups in total. The van der Waals surface area contributed by atoms with Gasteiger partial charge in [-0.2, -0.15) is 5.26 Å². The van der Waals surface area contributed by atoms with Gasteiger partial charge in [0, 0.05) is 11.3 Å². The number of halogens is 3. The highest BCUT2D eigenvalue weighted by molar-refractivity contribution is 5.79. The van der Waals surface area contributed by atoms with Gasteiger partial charge in [0.2, 0.25) is 0 Å². The number of rotatable bonds is 9. The van der Waals surface area contributed by atoms with Gasteiger partial charge < -0.3 is 29.4 Å². The van der Waals surface area contributed by atoms with Gasteiger partial charge in [-0.15, -0.1) is 13.2 Å². The molecule has 0 aromatic heterocycles. The summed E-state index contributed by atoms with van der Waals surface area (Å²) >= 11 is 0. The summed E-state index contributed by atoms with van der Waals surface area (Å²) in [6.45, 7) is 1.05. The Bertz CT molecular complexity index is 970. The van der Waals surface area contributed by atoms with E-state index < -0.39 is 36.7 Å². The number of carboxylic acids is 1. The zero-order valence-corrected chi connectivity index (χ0v) is 16.1. The highest BCUT2D eigenvalue weighted by Crippen LogP contribution is 2.34.